The summed E-state index contributed by atoms with van der Waals surface area (Å²) in [6.45, 7) is -5.74. The van der Waals surface area contributed by atoms with Crippen LogP contribution in [-0.4, -0.2) is 317 Å². The van der Waals surface area contributed by atoms with E-state index in [2.05, 4.69) is 0 Å². The van der Waals surface area contributed by atoms with Crippen LogP contribution in [0.4, 0.5) is 0 Å². The minimum atomic E-state index is -2.14. The molecule has 4 saturated carbocycles. The SMILES string of the molecule is OC[C@H]1O[C@@H]2O[C@H]3[C@H](O)[C@@H](O)[C@@H](O[C@H]4[C@H](O)[C@@H](O)[C@@H](O[C@H]5[C@H](OC6C7CC8CC(C7)CC6C8)[C@@H](O)[C@@H](O[C@H]6[C@H](O)[C@@H](O)[C@@H](O[C@H]7[C@H](O)[C@@H](O)[C@@H](O[C@H]1[C@H](O)[C@H]2O)O[C@@H]7CO)O[C@@H]6CO)O[C@@H]5CO)O[C@@H]4CO)O[C@@H]3CO. The molecule has 0 aromatic rings. The zero-order valence-electron chi connectivity index (χ0n) is 40.9. The zero-order valence-corrected chi connectivity index (χ0v) is 40.9. The quantitative estimate of drug-likeness (QED) is 0.107. The van der Waals surface area contributed by atoms with Crippen molar-refractivity contribution in [3.63, 3.8) is 0 Å². The standard InChI is InChI=1S/C46H74O30/c47-6-16-34-22(53)27(58)41(64-16)72-35-17(7-48)66-43(29(60)24(35)55)74-37-19(9-50)68-45(31(62)26(37)57)76-39-21(11-52)69-46(32(63)40(39)70-33-14-2-12-1-13(4-14)5-15(33)3-12)75-38-20(10-51)67-44(30(61)25(38)56)73-36-18(8-49)65-42(71-34)28(59)23(36)54/h12-63H,1-11H2/t12?,13?,14?,15?,16-,17-,18-,19-,20-,21-,22-,23-,24-,25-,26-,27-,28-,29-,30-,31-,32-,33?,34-,35-,36-,37-,38-,39-,40-,41-,42-,43-,44-,45-,46-/m1/s1. The van der Waals surface area contributed by atoms with Crippen LogP contribution in [0, 0.1) is 23.7 Å². The maximum Gasteiger partial charge on any atom is 0.187 e. The van der Waals surface area contributed by atoms with Gasteiger partial charge in [-0.2, -0.15) is 0 Å². The van der Waals surface area contributed by atoms with Gasteiger partial charge in [0.05, 0.1) is 45.7 Å². The van der Waals surface area contributed by atoms with Crippen LogP contribution in [0.25, 0.3) is 0 Å². The van der Waals surface area contributed by atoms with Gasteiger partial charge in [0.25, 0.3) is 0 Å². The highest BCUT2D eigenvalue weighted by atomic mass is 16.8. The molecule has 0 aromatic heterocycles. The van der Waals surface area contributed by atoms with Crippen LogP contribution < -0.4 is 0 Å². The molecule has 438 valence electrons. The molecule has 26 fully saturated rings. The van der Waals surface area contributed by atoms with E-state index >= 15 is 0 Å². The summed E-state index contributed by atoms with van der Waals surface area (Å²) in [7, 11) is 0. The first-order chi connectivity index (χ1) is 36.4. The van der Waals surface area contributed by atoms with Crippen molar-refractivity contribution < 1.29 is 148 Å². The fourth-order valence-electron chi connectivity index (χ4n) is 13.3. The molecule has 0 amide bonds. The van der Waals surface area contributed by atoms with E-state index in [9.17, 15) is 86.8 Å². The first-order valence-electron chi connectivity index (χ1n) is 26.1. The van der Waals surface area contributed by atoms with Gasteiger partial charge in [0, 0.05) is 0 Å². The summed E-state index contributed by atoms with van der Waals surface area (Å²) >= 11 is 0. The van der Waals surface area contributed by atoms with Crippen LogP contribution in [0.2, 0.25) is 0 Å². The van der Waals surface area contributed by atoms with E-state index in [0.717, 1.165) is 32.1 Å². The van der Waals surface area contributed by atoms with Gasteiger partial charge in [-0.3, -0.25) is 0 Å². The predicted molar refractivity (Wildman–Crippen MR) is 235 cm³/mol. The molecule has 22 saturated heterocycles. The van der Waals surface area contributed by atoms with Crippen LogP contribution in [-0.2, 0) is 61.6 Å². The molecule has 0 spiro atoms. The van der Waals surface area contributed by atoms with Gasteiger partial charge in [0.2, 0.25) is 0 Å². The van der Waals surface area contributed by atoms with Gasteiger partial charge in [-0.25, -0.2) is 0 Å². The Hall–Kier alpha value is -1.20. The fourth-order valence-corrected chi connectivity index (χ4v) is 13.3. The van der Waals surface area contributed by atoms with Gasteiger partial charge in [0.15, 0.2) is 37.7 Å². The van der Waals surface area contributed by atoms with Gasteiger partial charge in [-0.15, -0.1) is 0 Å². The average Bonchev–Trinajstić information content (AvgIpc) is 3.45. The van der Waals surface area contributed by atoms with Crippen molar-refractivity contribution in [3.8, 4) is 0 Å². The Bertz CT molecular complexity index is 1840. The summed E-state index contributed by atoms with van der Waals surface area (Å²) in [6.07, 6.45) is -52.4. The molecule has 4 aliphatic carbocycles. The second-order valence-electron chi connectivity index (χ2n) is 21.8. The lowest BCUT2D eigenvalue weighted by molar-refractivity contribution is -0.406. The van der Waals surface area contributed by atoms with Crippen molar-refractivity contribution in [1.29, 1.82) is 0 Å². The van der Waals surface area contributed by atoms with Gasteiger partial charge in [0.1, 0.15) is 146 Å². The molecule has 30 nitrogen and oxygen atoms in total. The maximum atomic E-state index is 12.3. The van der Waals surface area contributed by atoms with E-state index < -0.39 is 230 Å². The molecule has 0 unspecified atom stereocenters. The lowest BCUT2D eigenvalue weighted by atomic mass is 9.55. The van der Waals surface area contributed by atoms with Gasteiger partial charge in [-0.1, -0.05) is 0 Å². The first-order valence-corrected chi connectivity index (χ1v) is 26.1. The monoisotopic (exact) mass is 1110 g/mol. The highest BCUT2D eigenvalue weighted by Gasteiger charge is 2.60. The Morgan fingerprint density at radius 1 is 0.250 bits per heavy atom. The molecule has 22 aliphatic heterocycles. The molecule has 26 rings (SSSR count). The van der Waals surface area contributed by atoms with Crippen molar-refractivity contribution in [2.24, 2.45) is 23.7 Å². The van der Waals surface area contributed by atoms with Gasteiger partial charge >= 0.3 is 0 Å². The molecule has 16 bridgehead atoms. The third-order valence-electron chi connectivity index (χ3n) is 17.1. The Labute approximate surface area is 433 Å². The van der Waals surface area contributed by atoms with Crippen LogP contribution in [0.5, 0.6) is 0 Å². The second kappa shape index (κ2) is 23.9. The van der Waals surface area contributed by atoms with E-state index in [1.165, 1.54) is 0 Å². The smallest absolute Gasteiger partial charge is 0.187 e. The molecule has 22 heterocycles. The van der Waals surface area contributed by atoms with Crippen molar-refractivity contribution in [1.82, 2.24) is 0 Å². The third-order valence-corrected chi connectivity index (χ3v) is 17.1. The molecule has 0 aromatic carbocycles. The topological polar surface area (TPSA) is 464 Å². The first kappa shape index (κ1) is 58.0. The van der Waals surface area contributed by atoms with E-state index in [0.29, 0.717) is 11.8 Å². The van der Waals surface area contributed by atoms with Crippen LogP contribution in [0.3, 0.4) is 0 Å². The lowest BCUT2D eigenvalue weighted by Crippen LogP contribution is -2.69. The molecule has 0 radical (unpaired) electrons. The Kier molecular flexibility index (Phi) is 18.3. The van der Waals surface area contributed by atoms with Crippen molar-refractivity contribution in [3.05, 3.63) is 0 Å². The normalized spacial score (nSPS) is 56.9. The summed E-state index contributed by atoms with van der Waals surface area (Å²) in [4.78, 5) is 0. The molecule has 30 heteroatoms. The molecule has 17 N–H and O–H groups in total. The van der Waals surface area contributed by atoms with E-state index in [1.807, 2.05) is 0 Å². The number of hydrogen-bond acceptors (Lipinski definition) is 30. The van der Waals surface area contributed by atoms with Crippen LogP contribution in [0.1, 0.15) is 32.1 Å². The summed E-state index contributed by atoms with van der Waals surface area (Å²) in [5.74, 6) is 1.09. The summed E-state index contributed by atoms with van der Waals surface area (Å²) in [5, 5.41) is 190. The second-order valence-corrected chi connectivity index (χ2v) is 21.8. The number of aliphatic hydroxyl groups is 17. The minimum absolute atomic E-state index is 0.0628. The molecular formula is C46H74O30. The molecular weight excluding hydrogens is 1030 g/mol. The van der Waals surface area contributed by atoms with Crippen molar-refractivity contribution in [2.45, 2.75) is 222 Å². The van der Waals surface area contributed by atoms with E-state index in [4.69, 9.17) is 61.6 Å². The molecule has 76 heavy (non-hydrogen) atoms. The number of hydrogen-bond donors (Lipinski definition) is 17. The Morgan fingerprint density at radius 3 is 0.724 bits per heavy atom. The van der Waals surface area contributed by atoms with E-state index in [1.54, 1.807) is 0 Å². The van der Waals surface area contributed by atoms with Crippen molar-refractivity contribution in [2.75, 3.05) is 39.6 Å². The van der Waals surface area contributed by atoms with Crippen molar-refractivity contribution >= 4 is 0 Å². The fraction of sp³-hybridized carbons (Fsp3) is 1.00. The highest BCUT2D eigenvalue weighted by molar-refractivity contribution is 5.04. The number of ether oxygens (including phenoxy) is 13. The average molecular weight is 1110 g/mol. The van der Waals surface area contributed by atoms with Gasteiger partial charge in [-0.05, 0) is 55.8 Å². The maximum absolute atomic E-state index is 12.3. The Balaban J connectivity index is 0.970. The predicted octanol–water partition coefficient (Wildman–Crippen LogP) is -10.2. The molecule has 30 atom stereocenters. The summed E-state index contributed by atoms with van der Waals surface area (Å²) in [5.41, 5.74) is 0. The summed E-state index contributed by atoms with van der Waals surface area (Å²) in [6, 6.07) is 0. The largest absolute Gasteiger partial charge is 0.394 e. The zero-order chi connectivity index (χ0) is 54.2. The lowest BCUT2D eigenvalue weighted by Gasteiger charge is -2.56. The third kappa shape index (κ3) is 10.8. The number of aliphatic hydroxyl groups excluding tert-OH is 17. The summed E-state index contributed by atoms with van der Waals surface area (Å²) < 4.78 is 77.6. The minimum Gasteiger partial charge on any atom is -0.394 e. The van der Waals surface area contributed by atoms with Gasteiger partial charge < -0.3 is 148 Å². The molecule has 26 aliphatic rings. The van der Waals surface area contributed by atoms with E-state index in [-0.39, 0.29) is 11.8 Å². The Morgan fingerprint density at radius 2 is 0.474 bits per heavy atom. The van der Waals surface area contributed by atoms with Crippen LogP contribution in [0.15, 0.2) is 0 Å². The highest BCUT2D eigenvalue weighted by Crippen LogP contribution is 2.55. The number of rotatable bonds is 8. The van der Waals surface area contributed by atoms with Crippen LogP contribution >= 0.6 is 0 Å².